The first-order chi connectivity index (χ1) is 16.1. The number of amides is 3. The number of likely N-dealkylation sites (tertiary alicyclic amines) is 1. The molecular weight excluding hydrogens is 432 g/mol. The molecule has 0 saturated carbocycles. The van der Waals surface area contributed by atoms with Crippen LogP contribution in [0.25, 0.3) is 0 Å². The van der Waals surface area contributed by atoms with Gasteiger partial charge in [-0.1, -0.05) is 39.8 Å². The van der Waals surface area contributed by atoms with Crippen LogP contribution in [0.5, 0.6) is 0 Å². The number of rotatable bonds is 4. The molecule has 0 aliphatic carbocycles. The third-order valence-corrected chi connectivity index (χ3v) is 7.76. The normalized spacial score (nSPS) is 30.1. The van der Waals surface area contributed by atoms with E-state index >= 15 is 0 Å². The fourth-order valence-corrected chi connectivity index (χ4v) is 5.27. The Bertz CT molecular complexity index is 758. The second kappa shape index (κ2) is 11.7. The zero-order valence-electron chi connectivity index (χ0n) is 21.3. The Labute approximate surface area is 204 Å². The number of ether oxygens (including phenoxy) is 1. The lowest BCUT2D eigenvalue weighted by atomic mass is 9.74. The number of hydrogen-bond donors (Lipinski definition) is 3. The zero-order valence-corrected chi connectivity index (χ0v) is 21.3. The molecule has 192 valence electrons. The summed E-state index contributed by atoms with van der Waals surface area (Å²) in [4.78, 5) is 41.5. The van der Waals surface area contributed by atoms with Crippen LogP contribution in [-0.4, -0.2) is 67.1 Å². The molecule has 3 amide bonds. The lowest BCUT2D eigenvalue weighted by Gasteiger charge is -2.42. The first-order valence-electron chi connectivity index (χ1n) is 13.0. The van der Waals surface area contributed by atoms with E-state index in [-0.39, 0.29) is 41.5 Å². The van der Waals surface area contributed by atoms with Crippen molar-refractivity contribution < 1.29 is 19.1 Å². The van der Waals surface area contributed by atoms with Gasteiger partial charge in [0.2, 0.25) is 17.7 Å². The van der Waals surface area contributed by atoms with Crippen molar-refractivity contribution >= 4 is 17.7 Å². The summed E-state index contributed by atoms with van der Waals surface area (Å²) in [5.41, 5.74) is 5.47. The monoisotopic (exact) mass is 476 g/mol. The minimum Gasteiger partial charge on any atom is -0.381 e. The molecule has 0 radical (unpaired) electrons. The maximum absolute atomic E-state index is 13.7. The van der Waals surface area contributed by atoms with Crippen molar-refractivity contribution in [1.82, 2.24) is 15.5 Å². The number of nitrogens with one attached hydrogen (secondary N) is 2. The molecule has 4 N–H and O–H groups in total. The van der Waals surface area contributed by atoms with Gasteiger partial charge in [0, 0.05) is 31.7 Å². The van der Waals surface area contributed by atoms with Crippen molar-refractivity contribution in [3.8, 4) is 0 Å². The van der Waals surface area contributed by atoms with Crippen LogP contribution in [0.15, 0.2) is 12.2 Å². The van der Waals surface area contributed by atoms with E-state index in [2.05, 4.69) is 36.6 Å². The molecule has 0 aromatic heterocycles. The number of carbonyl (C=O) groups is 3. The minimum atomic E-state index is -0.633. The molecule has 0 aromatic rings. The van der Waals surface area contributed by atoms with Gasteiger partial charge in [0.1, 0.15) is 6.04 Å². The Kier molecular flexibility index (Phi) is 9.15. The number of nitrogens with zero attached hydrogens (tertiary/aromatic N) is 1. The highest BCUT2D eigenvalue weighted by Crippen LogP contribution is 2.37. The van der Waals surface area contributed by atoms with Crippen LogP contribution in [-0.2, 0) is 19.1 Å². The van der Waals surface area contributed by atoms with Gasteiger partial charge in [-0.3, -0.25) is 14.4 Å². The van der Waals surface area contributed by atoms with Gasteiger partial charge in [-0.25, -0.2) is 0 Å². The van der Waals surface area contributed by atoms with E-state index in [1.807, 2.05) is 13.8 Å². The average molecular weight is 477 g/mol. The molecule has 8 heteroatoms. The topological polar surface area (TPSA) is 114 Å². The van der Waals surface area contributed by atoms with Gasteiger partial charge in [0.25, 0.3) is 0 Å². The minimum absolute atomic E-state index is 0.0469. The van der Waals surface area contributed by atoms with Crippen molar-refractivity contribution in [2.75, 3.05) is 26.3 Å². The molecule has 4 atom stereocenters. The number of fused-ring (bicyclic) bond motifs is 1. The lowest BCUT2D eigenvalue weighted by molar-refractivity contribution is -0.143. The van der Waals surface area contributed by atoms with E-state index in [9.17, 15) is 14.4 Å². The molecule has 0 aromatic carbocycles. The van der Waals surface area contributed by atoms with Crippen molar-refractivity contribution in [1.29, 1.82) is 0 Å². The second-order valence-corrected chi connectivity index (χ2v) is 11.2. The van der Waals surface area contributed by atoms with Gasteiger partial charge >= 0.3 is 0 Å². The van der Waals surface area contributed by atoms with Crippen molar-refractivity contribution in [3.05, 3.63) is 12.2 Å². The lowest BCUT2D eigenvalue weighted by Crippen LogP contribution is -2.58. The van der Waals surface area contributed by atoms with Crippen LogP contribution in [0, 0.1) is 23.2 Å². The summed E-state index contributed by atoms with van der Waals surface area (Å²) in [6.07, 6.45) is 8.16. The number of allylic oxidation sites excluding steroid dienone is 2. The molecule has 1 spiro atoms. The van der Waals surface area contributed by atoms with E-state index in [0.29, 0.717) is 52.0 Å². The van der Waals surface area contributed by atoms with Crippen molar-refractivity contribution in [3.63, 3.8) is 0 Å². The van der Waals surface area contributed by atoms with Gasteiger partial charge in [0.15, 0.2) is 0 Å². The molecule has 0 unspecified atom stereocenters. The number of hydrogen-bond acceptors (Lipinski definition) is 5. The quantitative estimate of drug-likeness (QED) is 0.537. The summed E-state index contributed by atoms with van der Waals surface area (Å²) in [5, 5.41) is 6.33. The largest absolute Gasteiger partial charge is 0.381 e. The van der Waals surface area contributed by atoms with Gasteiger partial charge in [-0.05, 0) is 50.4 Å². The Balaban J connectivity index is 1.80. The third kappa shape index (κ3) is 6.39. The molecule has 2 fully saturated rings. The van der Waals surface area contributed by atoms with Crippen LogP contribution in [0.1, 0.15) is 66.2 Å². The summed E-state index contributed by atoms with van der Waals surface area (Å²) in [6.45, 7) is 10.3. The SMILES string of the molecule is CC(C)C[C@H]1NC(=O)C2(C/C=C/C[C@H]3COCC[C@H]3NC1=O)CCN(C(=O)[C@H](N)C(C)C)CC2. The first-order valence-corrected chi connectivity index (χ1v) is 13.0. The molecule has 3 aliphatic rings. The summed E-state index contributed by atoms with van der Waals surface area (Å²) in [7, 11) is 0. The summed E-state index contributed by atoms with van der Waals surface area (Å²) in [6, 6.07) is -1.03. The average Bonchev–Trinajstić information content (AvgIpc) is 2.80. The van der Waals surface area contributed by atoms with Crippen LogP contribution in [0.4, 0.5) is 0 Å². The molecular formula is C26H44N4O4. The molecule has 0 bridgehead atoms. The highest BCUT2D eigenvalue weighted by molar-refractivity contribution is 5.91. The van der Waals surface area contributed by atoms with E-state index < -0.39 is 17.5 Å². The number of nitrogens with two attached hydrogens (primary N) is 1. The fraction of sp³-hybridized carbons (Fsp3) is 0.808. The fourth-order valence-electron chi connectivity index (χ4n) is 5.27. The molecule has 8 nitrogen and oxygen atoms in total. The smallest absolute Gasteiger partial charge is 0.242 e. The third-order valence-electron chi connectivity index (χ3n) is 7.76. The number of carbonyl (C=O) groups excluding carboxylic acids is 3. The van der Waals surface area contributed by atoms with Crippen molar-refractivity contribution in [2.45, 2.75) is 84.3 Å². The summed E-state index contributed by atoms with van der Waals surface area (Å²) >= 11 is 0. The highest BCUT2D eigenvalue weighted by Gasteiger charge is 2.43. The second-order valence-electron chi connectivity index (χ2n) is 11.2. The van der Waals surface area contributed by atoms with Crippen LogP contribution < -0.4 is 16.4 Å². The van der Waals surface area contributed by atoms with E-state index in [4.69, 9.17) is 10.5 Å². The Morgan fingerprint density at radius 2 is 1.88 bits per heavy atom. The summed E-state index contributed by atoms with van der Waals surface area (Å²) < 4.78 is 5.68. The van der Waals surface area contributed by atoms with Crippen LogP contribution in [0.2, 0.25) is 0 Å². The van der Waals surface area contributed by atoms with Gasteiger partial charge in [0.05, 0.1) is 18.1 Å². The van der Waals surface area contributed by atoms with Crippen LogP contribution >= 0.6 is 0 Å². The highest BCUT2D eigenvalue weighted by atomic mass is 16.5. The standard InChI is InChI=1S/C26H44N4O4/c1-17(2)15-21-23(31)28-20-8-14-34-16-19(20)7-5-6-9-26(25(33)29-21)10-12-30(13-11-26)24(32)22(27)18(3)4/h5-6,17-22H,7-16,27H2,1-4H3,(H,28,31)(H,29,33)/b6-5+/t19-,20+,21+,22+/m0/s1. The first kappa shape index (κ1) is 26.7. The van der Waals surface area contributed by atoms with Crippen molar-refractivity contribution in [2.24, 2.45) is 28.9 Å². The summed E-state index contributed by atoms with van der Waals surface area (Å²) in [5.74, 6) is 0.337. The van der Waals surface area contributed by atoms with Gasteiger partial charge in [-0.2, -0.15) is 0 Å². The van der Waals surface area contributed by atoms with E-state index in [1.54, 1.807) is 4.90 Å². The molecule has 3 rings (SSSR count). The molecule has 34 heavy (non-hydrogen) atoms. The van der Waals surface area contributed by atoms with Gasteiger partial charge in [-0.15, -0.1) is 0 Å². The molecule has 3 aliphatic heterocycles. The Hall–Kier alpha value is -1.93. The zero-order chi connectivity index (χ0) is 24.9. The van der Waals surface area contributed by atoms with E-state index in [1.165, 1.54) is 0 Å². The van der Waals surface area contributed by atoms with E-state index in [0.717, 1.165) is 12.8 Å². The number of piperidine rings is 1. The van der Waals surface area contributed by atoms with Gasteiger partial charge < -0.3 is 26.0 Å². The predicted molar refractivity (Wildman–Crippen MR) is 132 cm³/mol. The maximum atomic E-state index is 13.7. The maximum Gasteiger partial charge on any atom is 0.242 e. The Morgan fingerprint density at radius 1 is 1.18 bits per heavy atom. The van der Waals surface area contributed by atoms with Crippen LogP contribution in [0.3, 0.4) is 0 Å². The molecule has 3 heterocycles. The predicted octanol–water partition coefficient (Wildman–Crippen LogP) is 1.98. The molecule has 2 saturated heterocycles. The Morgan fingerprint density at radius 3 is 2.53 bits per heavy atom.